The lowest BCUT2D eigenvalue weighted by Gasteiger charge is -2.19. The molecule has 98 valence electrons. The Morgan fingerprint density at radius 3 is 2.44 bits per heavy atom. The van der Waals surface area contributed by atoms with Crippen molar-refractivity contribution in [2.24, 2.45) is 0 Å². The molecule has 3 nitrogen and oxygen atoms in total. The van der Waals surface area contributed by atoms with Gasteiger partial charge in [0.25, 0.3) is 0 Å². The van der Waals surface area contributed by atoms with Gasteiger partial charge in [-0.05, 0) is 28.1 Å². The van der Waals surface area contributed by atoms with Gasteiger partial charge in [-0.2, -0.15) is 13.2 Å². The van der Waals surface area contributed by atoms with Gasteiger partial charge in [0.2, 0.25) is 5.60 Å². The van der Waals surface area contributed by atoms with Crippen LogP contribution >= 0.6 is 15.9 Å². The van der Waals surface area contributed by atoms with E-state index in [0.29, 0.717) is 0 Å². The van der Waals surface area contributed by atoms with Gasteiger partial charge in [-0.15, -0.1) is 0 Å². The topological polar surface area (TPSA) is 46.5 Å². The number of rotatable bonds is 3. The fourth-order valence-electron chi connectivity index (χ4n) is 1.50. The number of carboxylic acid groups (broad SMARTS) is 1. The summed E-state index contributed by atoms with van der Waals surface area (Å²) in [5.41, 5.74) is -2.49. The number of carboxylic acids is 1. The van der Waals surface area contributed by atoms with E-state index in [2.05, 4.69) is 15.9 Å². The molecular formula is C11H8BrF3O3. The van der Waals surface area contributed by atoms with Gasteiger partial charge >= 0.3 is 12.1 Å². The SMILES string of the molecule is O=C(O)C1(Oc2c(Br)cccc2C(F)(F)F)CC1. The Bertz CT molecular complexity index is 495. The van der Waals surface area contributed by atoms with Gasteiger partial charge < -0.3 is 9.84 Å². The van der Waals surface area contributed by atoms with Crippen molar-refractivity contribution in [2.75, 3.05) is 0 Å². The summed E-state index contributed by atoms with van der Waals surface area (Å²) in [7, 11) is 0. The van der Waals surface area contributed by atoms with Crippen molar-refractivity contribution in [1.29, 1.82) is 0 Å². The van der Waals surface area contributed by atoms with Crippen molar-refractivity contribution in [3.63, 3.8) is 0 Å². The van der Waals surface area contributed by atoms with Gasteiger partial charge in [0.05, 0.1) is 10.0 Å². The minimum Gasteiger partial charge on any atom is -0.478 e. The first-order valence-corrected chi connectivity index (χ1v) is 5.84. The first-order chi connectivity index (χ1) is 8.26. The molecule has 0 saturated heterocycles. The molecule has 0 aromatic heterocycles. The van der Waals surface area contributed by atoms with E-state index in [0.717, 1.165) is 6.07 Å². The molecular weight excluding hydrogens is 317 g/mol. The second kappa shape index (κ2) is 4.15. The molecule has 1 saturated carbocycles. The summed E-state index contributed by atoms with van der Waals surface area (Å²) in [6.07, 6.45) is -4.17. The molecule has 0 amide bonds. The van der Waals surface area contributed by atoms with Crippen LogP contribution in [0.15, 0.2) is 22.7 Å². The van der Waals surface area contributed by atoms with Gasteiger partial charge in [0.15, 0.2) is 0 Å². The second-order valence-corrected chi connectivity index (χ2v) is 4.87. The van der Waals surface area contributed by atoms with Crippen molar-refractivity contribution in [2.45, 2.75) is 24.6 Å². The van der Waals surface area contributed by atoms with Crippen LogP contribution in [-0.2, 0) is 11.0 Å². The Kier molecular flexibility index (Phi) is 3.04. The minimum absolute atomic E-state index is 0.0878. The molecule has 0 heterocycles. The average molecular weight is 325 g/mol. The molecule has 0 spiro atoms. The number of para-hydroxylation sites is 1. The lowest BCUT2D eigenvalue weighted by atomic mass is 10.2. The number of aliphatic carboxylic acids is 1. The van der Waals surface area contributed by atoms with Crippen LogP contribution in [0.2, 0.25) is 0 Å². The molecule has 2 rings (SSSR count). The largest absolute Gasteiger partial charge is 0.478 e. The fourth-order valence-corrected chi connectivity index (χ4v) is 1.95. The first kappa shape index (κ1) is 13.2. The van der Waals surface area contributed by atoms with Gasteiger partial charge in [0.1, 0.15) is 5.75 Å². The average Bonchev–Trinajstić information content (AvgIpc) is 3.00. The number of alkyl halides is 3. The Labute approximate surface area is 109 Å². The van der Waals surface area contributed by atoms with E-state index in [4.69, 9.17) is 9.84 Å². The highest BCUT2D eigenvalue weighted by atomic mass is 79.9. The summed E-state index contributed by atoms with van der Waals surface area (Å²) in [5, 5.41) is 8.93. The quantitative estimate of drug-likeness (QED) is 0.926. The minimum atomic E-state index is -4.59. The summed E-state index contributed by atoms with van der Waals surface area (Å²) in [4.78, 5) is 10.9. The number of hydrogen-bond donors (Lipinski definition) is 1. The zero-order valence-corrected chi connectivity index (χ0v) is 10.5. The maximum Gasteiger partial charge on any atom is 0.420 e. The van der Waals surface area contributed by atoms with E-state index >= 15 is 0 Å². The van der Waals surface area contributed by atoms with Gasteiger partial charge in [-0.1, -0.05) is 6.07 Å². The highest BCUT2D eigenvalue weighted by Crippen LogP contribution is 2.47. The Hall–Kier alpha value is -1.24. The number of ether oxygens (including phenoxy) is 1. The van der Waals surface area contributed by atoms with Crippen LogP contribution in [0.5, 0.6) is 5.75 Å². The molecule has 0 unspecified atom stereocenters. The maximum atomic E-state index is 12.8. The molecule has 1 aliphatic carbocycles. The molecule has 7 heteroatoms. The molecule has 1 aliphatic rings. The second-order valence-electron chi connectivity index (χ2n) is 4.02. The fraction of sp³-hybridized carbons (Fsp3) is 0.364. The highest BCUT2D eigenvalue weighted by Gasteiger charge is 2.54. The van der Waals surface area contributed by atoms with Gasteiger partial charge in [0, 0.05) is 12.8 Å². The molecule has 0 radical (unpaired) electrons. The van der Waals surface area contributed by atoms with Crippen LogP contribution in [0.1, 0.15) is 18.4 Å². The predicted octanol–water partition coefficient (Wildman–Crippen LogP) is 3.46. The third kappa shape index (κ3) is 2.31. The Balaban J connectivity index is 2.41. The molecule has 1 N–H and O–H groups in total. The molecule has 1 fully saturated rings. The van der Waals surface area contributed by atoms with Gasteiger partial charge in [-0.3, -0.25) is 0 Å². The van der Waals surface area contributed by atoms with Crippen LogP contribution in [0, 0.1) is 0 Å². The monoisotopic (exact) mass is 324 g/mol. The van der Waals surface area contributed by atoms with E-state index in [9.17, 15) is 18.0 Å². The van der Waals surface area contributed by atoms with E-state index < -0.39 is 29.1 Å². The Morgan fingerprint density at radius 1 is 1.39 bits per heavy atom. The summed E-state index contributed by atoms with van der Waals surface area (Å²) in [6, 6.07) is 3.46. The third-order valence-electron chi connectivity index (χ3n) is 2.66. The number of halogens is 4. The molecule has 18 heavy (non-hydrogen) atoms. The smallest absolute Gasteiger partial charge is 0.420 e. The molecule has 1 aromatic rings. The van der Waals surface area contributed by atoms with Crippen molar-refractivity contribution in [3.05, 3.63) is 28.2 Å². The summed E-state index contributed by atoms with van der Waals surface area (Å²) < 4.78 is 43.5. The van der Waals surface area contributed by atoms with Crippen LogP contribution in [0.3, 0.4) is 0 Å². The van der Waals surface area contributed by atoms with Crippen LogP contribution in [0.4, 0.5) is 13.2 Å². The first-order valence-electron chi connectivity index (χ1n) is 5.04. The lowest BCUT2D eigenvalue weighted by molar-refractivity contribution is -0.150. The third-order valence-corrected chi connectivity index (χ3v) is 3.29. The highest BCUT2D eigenvalue weighted by molar-refractivity contribution is 9.10. The normalized spacial score (nSPS) is 17.3. The van der Waals surface area contributed by atoms with Gasteiger partial charge in [-0.25, -0.2) is 4.79 Å². The van der Waals surface area contributed by atoms with E-state index in [1.807, 2.05) is 0 Å². The van der Waals surface area contributed by atoms with Crippen LogP contribution in [-0.4, -0.2) is 16.7 Å². The van der Waals surface area contributed by atoms with Crippen molar-refractivity contribution in [1.82, 2.24) is 0 Å². The van der Waals surface area contributed by atoms with Crippen molar-refractivity contribution >= 4 is 21.9 Å². The Morgan fingerprint density at radius 2 is 2.00 bits per heavy atom. The standard InChI is InChI=1S/C11H8BrF3O3/c12-7-3-1-2-6(11(13,14)15)8(7)18-10(4-5-10)9(16)17/h1-3H,4-5H2,(H,16,17). The molecule has 0 atom stereocenters. The summed E-state index contributed by atoms with van der Waals surface area (Å²) in [5.74, 6) is -1.71. The van der Waals surface area contributed by atoms with E-state index in [1.165, 1.54) is 12.1 Å². The van der Waals surface area contributed by atoms with Crippen LogP contribution < -0.4 is 4.74 Å². The zero-order valence-electron chi connectivity index (χ0n) is 8.92. The molecule has 1 aromatic carbocycles. The lowest BCUT2D eigenvalue weighted by Crippen LogP contribution is -2.30. The van der Waals surface area contributed by atoms with Crippen molar-refractivity contribution in [3.8, 4) is 5.75 Å². The predicted molar refractivity (Wildman–Crippen MR) is 59.4 cm³/mol. The molecule has 0 aliphatic heterocycles. The summed E-state index contributed by atoms with van der Waals surface area (Å²) >= 11 is 2.95. The van der Waals surface area contributed by atoms with Crippen LogP contribution in [0.25, 0.3) is 0 Å². The maximum absolute atomic E-state index is 12.8. The molecule has 0 bridgehead atoms. The van der Waals surface area contributed by atoms with E-state index in [-0.39, 0.29) is 17.3 Å². The summed E-state index contributed by atoms with van der Waals surface area (Å²) in [6.45, 7) is 0. The number of benzene rings is 1. The van der Waals surface area contributed by atoms with Crippen molar-refractivity contribution < 1.29 is 27.8 Å². The number of carbonyl (C=O) groups is 1. The van der Waals surface area contributed by atoms with E-state index in [1.54, 1.807) is 0 Å². The zero-order chi connectivity index (χ0) is 13.6. The number of hydrogen-bond acceptors (Lipinski definition) is 2.